The summed E-state index contributed by atoms with van der Waals surface area (Å²) in [5.74, 6) is -0.581. The van der Waals surface area contributed by atoms with Crippen LogP contribution in [0.2, 0.25) is 0 Å². The number of nitrogen functional groups attached to an aromatic ring is 1. The summed E-state index contributed by atoms with van der Waals surface area (Å²) < 4.78 is 43.9. The Bertz CT molecular complexity index is 1140. The van der Waals surface area contributed by atoms with Gasteiger partial charge in [-0.2, -0.15) is 13.2 Å². The molecule has 0 bridgehead atoms. The second kappa shape index (κ2) is 7.20. The van der Waals surface area contributed by atoms with Crippen molar-refractivity contribution in [3.8, 4) is 5.75 Å². The number of aryl methyl sites for hydroxylation is 1. The van der Waals surface area contributed by atoms with Gasteiger partial charge in [-0.1, -0.05) is 0 Å². The Morgan fingerprint density at radius 1 is 1.34 bits per heavy atom. The number of carbonyl (C=O) groups is 1. The summed E-state index contributed by atoms with van der Waals surface area (Å²) in [6, 6.07) is 4.68. The van der Waals surface area contributed by atoms with Crippen LogP contribution in [0, 0.1) is 17.0 Å². The number of nitrogens with zero attached hydrogens (tertiary/aromatic N) is 2. The molecule has 0 aliphatic carbocycles. The van der Waals surface area contributed by atoms with E-state index in [9.17, 15) is 28.1 Å². The Labute approximate surface area is 165 Å². The molecule has 0 saturated heterocycles. The van der Waals surface area contributed by atoms with Crippen LogP contribution in [0.4, 0.5) is 30.2 Å². The first-order chi connectivity index (χ1) is 13.5. The highest BCUT2D eigenvalue weighted by molar-refractivity contribution is 7.21. The van der Waals surface area contributed by atoms with Crippen LogP contribution in [0.3, 0.4) is 0 Å². The van der Waals surface area contributed by atoms with Crippen molar-refractivity contribution in [2.45, 2.75) is 13.1 Å². The Hall–Kier alpha value is -3.41. The number of pyridine rings is 1. The number of methoxy groups -OCH3 is 1. The van der Waals surface area contributed by atoms with Crippen LogP contribution in [0.5, 0.6) is 5.75 Å². The highest BCUT2D eigenvalue weighted by Gasteiger charge is 2.34. The maximum atomic E-state index is 13.0. The fourth-order valence-electron chi connectivity index (χ4n) is 2.70. The Balaban J connectivity index is 2.03. The second-order valence-corrected chi connectivity index (χ2v) is 6.94. The van der Waals surface area contributed by atoms with Crippen LogP contribution in [-0.4, -0.2) is 22.9 Å². The minimum atomic E-state index is -4.65. The van der Waals surface area contributed by atoms with Crippen LogP contribution >= 0.6 is 11.3 Å². The smallest absolute Gasteiger partial charge is 0.433 e. The number of nitro groups is 1. The van der Waals surface area contributed by atoms with Crippen molar-refractivity contribution in [3.63, 3.8) is 0 Å². The van der Waals surface area contributed by atoms with E-state index in [1.165, 1.54) is 26.2 Å². The molecule has 152 valence electrons. The van der Waals surface area contributed by atoms with Gasteiger partial charge in [0.1, 0.15) is 26.8 Å². The molecule has 0 atom stereocenters. The number of nitrogens with one attached hydrogen (secondary N) is 1. The van der Waals surface area contributed by atoms with E-state index in [-0.39, 0.29) is 37.8 Å². The molecule has 3 N–H and O–H groups in total. The number of anilines is 2. The van der Waals surface area contributed by atoms with Crippen molar-refractivity contribution in [2.75, 3.05) is 18.2 Å². The second-order valence-electron chi connectivity index (χ2n) is 5.94. The van der Waals surface area contributed by atoms with Gasteiger partial charge in [0.25, 0.3) is 11.6 Å². The number of amides is 1. The number of hydrogen-bond donors (Lipinski definition) is 2. The Morgan fingerprint density at radius 3 is 2.62 bits per heavy atom. The minimum Gasteiger partial charge on any atom is -0.496 e. The molecule has 0 fully saturated rings. The van der Waals surface area contributed by atoms with Gasteiger partial charge in [-0.15, -0.1) is 11.3 Å². The fraction of sp³-hybridized carbons (Fsp3) is 0.176. The molecule has 1 amide bonds. The minimum absolute atomic E-state index is 0.0441. The third-order valence-electron chi connectivity index (χ3n) is 4.04. The summed E-state index contributed by atoms with van der Waals surface area (Å²) in [6.07, 6.45) is -4.65. The SMILES string of the molecule is COc1ccc(NC(=O)c2sc3nc(C(F)(F)F)cc(C)c3c2N)c([N+](=O)[O-])c1. The molecule has 8 nitrogen and oxygen atoms in total. The van der Waals surface area contributed by atoms with Gasteiger partial charge in [-0.3, -0.25) is 14.9 Å². The number of benzene rings is 1. The lowest BCUT2D eigenvalue weighted by Gasteiger charge is -2.07. The van der Waals surface area contributed by atoms with E-state index in [1.54, 1.807) is 0 Å². The molecular weight excluding hydrogens is 413 g/mol. The van der Waals surface area contributed by atoms with E-state index < -0.39 is 28.4 Å². The van der Waals surface area contributed by atoms with Gasteiger partial charge in [0.05, 0.1) is 23.8 Å². The average Bonchev–Trinajstić information content (AvgIpc) is 2.98. The van der Waals surface area contributed by atoms with E-state index in [4.69, 9.17) is 10.5 Å². The molecule has 0 spiro atoms. The standard InChI is InChI=1S/C17H13F3N4O4S/c1-7-5-11(17(18,19)20)23-16-12(7)13(21)14(29-16)15(25)22-9-4-3-8(28-2)6-10(9)24(26)27/h3-6H,21H2,1-2H3,(H,22,25). The monoisotopic (exact) mass is 426 g/mol. The van der Waals surface area contributed by atoms with Gasteiger partial charge in [-0.05, 0) is 30.7 Å². The van der Waals surface area contributed by atoms with Gasteiger partial charge in [-0.25, -0.2) is 4.98 Å². The summed E-state index contributed by atoms with van der Waals surface area (Å²) >= 11 is 0.675. The zero-order chi connectivity index (χ0) is 21.5. The first kappa shape index (κ1) is 20.3. The first-order valence-electron chi connectivity index (χ1n) is 7.93. The summed E-state index contributed by atoms with van der Waals surface area (Å²) in [6.45, 7) is 1.43. The number of fused-ring (bicyclic) bond motifs is 1. The molecule has 29 heavy (non-hydrogen) atoms. The van der Waals surface area contributed by atoms with E-state index in [0.29, 0.717) is 11.3 Å². The number of carbonyl (C=O) groups excluding carboxylic acids is 1. The van der Waals surface area contributed by atoms with Gasteiger partial charge in [0, 0.05) is 5.39 Å². The highest BCUT2D eigenvalue weighted by atomic mass is 32.1. The summed E-state index contributed by atoms with van der Waals surface area (Å²) in [7, 11) is 1.33. The lowest BCUT2D eigenvalue weighted by Crippen LogP contribution is -2.13. The van der Waals surface area contributed by atoms with Crippen LogP contribution in [-0.2, 0) is 6.18 Å². The lowest BCUT2D eigenvalue weighted by molar-refractivity contribution is -0.384. The van der Waals surface area contributed by atoms with E-state index in [0.717, 1.165) is 12.1 Å². The predicted octanol–water partition coefficient (Wildman–Crippen LogP) is 4.37. The fourth-order valence-corrected chi connectivity index (χ4v) is 3.76. The molecule has 0 unspecified atom stereocenters. The topological polar surface area (TPSA) is 120 Å². The lowest BCUT2D eigenvalue weighted by atomic mass is 10.1. The molecule has 2 aromatic heterocycles. The number of nitro benzene ring substituents is 1. The quantitative estimate of drug-likeness (QED) is 0.472. The molecule has 3 aromatic rings. The van der Waals surface area contributed by atoms with Crippen LogP contribution < -0.4 is 15.8 Å². The average molecular weight is 426 g/mol. The Kier molecular flexibility index (Phi) is 5.05. The maximum Gasteiger partial charge on any atom is 0.433 e. The van der Waals surface area contributed by atoms with Crippen LogP contribution in [0.1, 0.15) is 20.9 Å². The zero-order valence-corrected chi connectivity index (χ0v) is 15.8. The third kappa shape index (κ3) is 3.78. The molecule has 0 aliphatic rings. The van der Waals surface area contributed by atoms with Crippen molar-refractivity contribution in [1.29, 1.82) is 0 Å². The number of rotatable bonds is 4. The first-order valence-corrected chi connectivity index (χ1v) is 8.75. The van der Waals surface area contributed by atoms with Gasteiger partial charge in [0.2, 0.25) is 0 Å². The number of aromatic nitrogens is 1. The summed E-state index contributed by atoms with van der Waals surface area (Å²) in [5.41, 5.74) is 4.52. The molecular formula is C17H13F3N4O4S. The number of thiophene rings is 1. The molecule has 3 rings (SSSR count). The normalized spacial score (nSPS) is 11.5. The number of alkyl halides is 3. The maximum absolute atomic E-state index is 13.0. The summed E-state index contributed by atoms with van der Waals surface area (Å²) in [5, 5.41) is 13.9. The Morgan fingerprint density at radius 2 is 2.03 bits per heavy atom. The predicted molar refractivity (Wildman–Crippen MR) is 101 cm³/mol. The van der Waals surface area contributed by atoms with Crippen LogP contribution in [0.15, 0.2) is 24.3 Å². The van der Waals surface area contributed by atoms with Gasteiger partial charge < -0.3 is 15.8 Å². The molecule has 0 aliphatic heterocycles. The van der Waals surface area contributed by atoms with Crippen LogP contribution in [0.25, 0.3) is 10.2 Å². The third-order valence-corrected chi connectivity index (χ3v) is 5.14. The zero-order valence-electron chi connectivity index (χ0n) is 15.0. The number of nitrogens with two attached hydrogens (primary N) is 1. The molecule has 2 heterocycles. The van der Waals surface area contributed by atoms with Crippen molar-refractivity contribution in [2.24, 2.45) is 0 Å². The van der Waals surface area contributed by atoms with E-state index >= 15 is 0 Å². The molecule has 0 radical (unpaired) electrons. The van der Waals surface area contributed by atoms with Crippen molar-refractivity contribution < 1.29 is 27.6 Å². The summed E-state index contributed by atoms with van der Waals surface area (Å²) in [4.78, 5) is 26.6. The van der Waals surface area contributed by atoms with Crippen molar-refractivity contribution in [1.82, 2.24) is 4.98 Å². The highest BCUT2D eigenvalue weighted by Crippen LogP contribution is 2.39. The largest absolute Gasteiger partial charge is 0.496 e. The van der Waals surface area contributed by atoms with Crippen molar-refractivity contribution in [3.05, 3.63) is 50.5 Å². The van der Waals surface area contributed by atoms with Gasteiger partial charge in [0.15, 0.2) is 0 Å². The number of halogens is 3. The van der Waals surface area contributed by atoms with E-state index in [2.05, 4.69) is 10.3 Å². The van der Waals surface area contributed by atoms with Gasteiger partial charge >= 0.3 is 6.18 Å². The number of ether oxygens (including phenoxy) is 1. The molecule has 12 heteroatoms. The molecule has 1 aromatic carbocycles. The van der Waals surface area contributed by atoms with Crippen molar-refractivity contribution >= 4 is 44.5 Å². The number of hydrogen-bond acceptors (Lipinski definition) is 7. The van der Waals surface area contributed by atoms with E-state index in [1.807, 2.05) is 0 Å². The molecule has 0 saturated carbocycles.